The van der Waals surface area contributed by atoms with Crippen molar-refractivity contribution in [2.75, 3.05) is 31.1 Å². The van der Waals surface area contributed by atoms with Crippen molar-refractivity contribution in [3.63, 3.8) is 0 Å². The Morgan fingerprint density at radius 3 is 2.17 bits per heavy atom. The minimum atomic E-state index is -0.851. The molecule has 186 valence electrons. The van der Waals surface area contributed by atoms with Gasteiger partial charge in [0.15, 0.2) is 0 Å². The second-order valence-corrected chi connectivity index (χ2v) is 9.32. The van der Waals surface area contributed by atoms with Crippen LogP contribution in [-0.4, -0.2) is 42.2 Å². The highest BCUT2D eigenvalue weighted by Crippen LogP contribution is 2.23. The van der Waals surface area contributed by atoms with E-state index >= 15 is 0 Å². The fourth-order valence-electron chi connectivity index (χ4n) is 4.48. The summed E-state index contributed by atoms with van der Waals surface area (Å²) in [5.74, 6) is 5.40. The summed E-state index contributed by atoms with van der Waals surface area (Å²) < 4.78 is 5.95. The first-order chi connectivity index (χ1) is 17.5. The van der Waals surface area contributed by atoms with Gasteiger partial charge in [0.25, 0.3) is 0 Å². The number of carboxylic acid groups (broad SMARTS) is 1. The van der Waals surface area contributed by atoms with Gasteiger partial charge in [0, 0.05) is 38.4 Å². The average Bonchev–Trinajstić information content (AvgIpc) is 2.89. The van der Waals surface area contributed by atoms with E-state index in [-0.39, 0.29) is 12.3 Å². The second kappa shape index (κ2) is 12.3. The van der Waals surface area contributed by atoms with Gasteiger partial charge in [0.2, 0.25) is 0 Å². The molecule has 1 unspecified atom stereocenters. The van der Waals surface area contributed by atoms with Crippen molar-refractivity contribution >= 4 is 11.7 Å². The molecule has 5 nitrogen and oxygen atoms in total. The lowest BCUT2D eigenvalue weighted by Crippen LogP contribution is -2.45. The number of carbonyl (C=O) groups is 1. The van der Waals surface area contributed by atoms with Crippen LogP contribution >= 0.6 is 0 Å². The zero-order valence-corrected chi connectivity index (χ0v) is 21.1. The second-order valence-electron chi connectivity index (χ2n) is 9.32. The van der Waals surface area contributed by atoms with Gasteiger partial charge >= 0.3 is 5.97 Å². The van der Waals surface area contributed by atoms with Crippen LogP contribution in [0.15, 0.2) is 72.8 Å². The Bertz CT molecular complexity index is 1180. The van der Waals surface area contributed by atoms with E-state index in [2.05, 4.69) is 77.1 Å². The van der Waals surface area contributed by atoms with Crippen LogP contribution in [0.5, 0.6) is 5.75 Å². The molecule has 4 rings (SSSR count). The van der Waals surface area contributed by atoms with E-state index in [1.54, 1.807) is 6.92 Å². The molecule has 1 aliphatic heterocycles. The fourth-order valence-corrected chi connectivity index (χ4v) is 4.48. The molecule has 5 heteroatoms. The average molecular weight is 483 g/mol. The highest BCUT2D eigenvalue weighted by Gasteiger charge is 2.17. The van der Waals surface area contributed by atoms with Gasteiger partial charge in [-0.15, -0.1) is 5.92 Å². The summed E-state index contributed by atoms with van der Waals surface area (Å²) in [6, 6.07) is 25.0. The van der Waals surface area contributed by atoms with Crippen molar-refractivity contribution in [2.45, 2.75) is 39.3 Å². The van der Waals surface area contributed by atoms with Crippen LogP contribution in [0.2, 0.25) is 0 Å². The maximum Gasteiger partial charge on any atom is 0.304 e. The molecule has 0 radical (unpaired) electrons. The van der Waals surface area contributed by atoms with E-state index in [0.29, 0.717) is 6.61 Å². The predicted octanol–water partition coefficient (Wildman–Crippen LogP) is 5.48. The van der Waals surface area contributed by atoms with Crippen LogP contribution in [0.4, 0.5) is 5.69 Å². The fraction of sp³-hybridized carbons (Fsp3) is 0.323. The van der Waals surface area contributed by atoms with Crippen LogP contribution in [0.25, 0.3) is 0 Å². The Morgan fingerprint density at radius 2 is 1.56 bits per heavy atom. The SMILES string of the molecule is CC#CC(CC(=O)O)c1ccc(OCc2ccc(CN3CCN(c4ccc(C)cc4)CC3)cc2)cc1. The summed E-state index contributed by atoms with van der Waals surface area (Å²) in [6.45, 7) is 9.53. The molecule has 1 atom stereocenters. The van der Waals surface area contributed by atoms with E-state index in [4.69, 9.17) is 9.84 Å². The van der Waals surface area contributed by atoms with Crippen molar-refractivity contribution in [1.29, 1.82) is 0 Å². The quantitative estimate of drug-likeness (QED) is 0.410. The van der Waals surface area contributed by atoms with E-state index in [0.717, 1.165) is 49.6 Å². The lowest BCUT2D eigenvalue weighted by atomic mass is 9.96. The summed E-state index contributed by atoms with van der Waals surface area (Å²) in [4.78, 5) is 16.1. The third kappa shape index (κ3) is 7.13. The highest BCUT2D eigenvalue weighted by molar-refractivity contribution is 5.69. The largest absolute Gasteiger partial charge is 0.489 e. The Labute approximate surface area is 214 Å². The van der Waals surface area contributed by atoms with Crippen molar-refractivity contribution in [3.8, 4) is 17.6 Å². The zero-order chi connectivity index (χ0) is 25.3. The van der Waals surface area contributed by atoms with Gasteiger partial charge in [0.05, 0.1) is 12.3 Å². The third-order valence-electron chi connectivity index (χ3n) is 6.59. The molecule has 1 aliphatic rings. The number of carboxylic acids is 1. The van der Waals surface area contributed by atoms with Gasteiger partial charge in [0.1, 0.15) is 12.4 Å². The summed E-state index contributed by atoms with van der Waals surface area (Å²) in [5, 5.41) is 9.11. The maximum atomic E-state index is 11.1. The van der Waals surface area contributed by atoms with Gasteiger partial charge in [-0.25, -0.2) is 0 Å². The van der Waals surface area contributed by atoms with Gasteiger partial charge in [-0.3, -0.25) is 9.69 Å². The summed E-state index contributed by atoms with van der Waals surface area (Å²) in [7, 11) is 0. The standard InChI is InChI=1S/C31H34N2O3/c1-3-4-28(21-31(34)35)27-11-15-30(16-12-27)36-23-26-9-7-25(8-10-26)22-32-17-19-33(20-18-32)29-13-5-24(2)6-14-29/h5-16,28H,17-23H2,1-2H3,(H,34,35). The number of rotatable bonds is 9. The number of hydrogen-bond acceptors (Lipinski definition) is 4. The third-order valence-corrected chi connectivity index (χ3v) is 6.59. The number of hydrogen-bond donors (Lipinski definition) is 1. The molecule has 3 aromatic rings. The van der Waals surface area contributed by atoms with Crippen molar-refractivity contribution in [2.24, 2.45) is 0 Å². The van der Waals surface area contributed by atoms with Crippen molar-refractivity contribution in [3.05, 3.63) is 95.1 Å². The molecule has 36 heavy (non-hydrogen) atoms. The molecule has 0 spiro atoms. The summed E-state index contributed by atoms with van der Waals surface area (Å²) in [6.07, 6.45) is -0.00414. The Kier molecular flexibility index (Phi) is 8.65. The first-order valence-corrected chi connectivity index (χ1v) is 12.5. The van der Waals surface area contributed by atoms with E-state index in [9.17, 15) is 4.79 Å². The lowest BCUT2D eigenvalue weighted by Gasteiger charge is -2.36. The molecule has 1 fully saturated rings. The number of benzene rings is 3. The minimum absolute atomic E-state index is 0.00414. The minimum Gasteiger partial charge on any atom is -0.489 e. The molecule has 0 aliphatic carbocycles. The number of aryl methyl sites for hydroxylation is 1. The summed E-state index contributed by atoms with van der Waals surface area (Å²) in [5.41, 5.74) is 5.94. The van der Waals surface area contributed by atoms with Gasteiger partial charge in [-0.2, -0.15) is 0 Å². The smallest absolute Gasteiger partial charge is 0.304 e. The van der Waals surface area contributed by atoms with Gasteiger partial charge < -0.3 is 14.7 Å². The normalized spacial score (nSPS) is 14.6. The molecular weight excluding hydrogens is 448 g/mol. The number of aliphatic carboxylic acids is 1. The Balaban J connectivity index is 1.24. The van der Waals surface area contributed by atoms with Crippen LogP contribution < -0.4 is 9.64 Å². The number of nitrogens with zero attached hydrogens (tertiary/aromatic N) is 2. The molecule has 1 heterocycles. The number of piperazine rings is 1. The predicted molar refractivity (Wildman–Crippen MR) is 144 cm³/mol. The molecular formula is C31H34N2O3. The molecule has 0 amide bonds. The molecule has 3 aromatic carbocycles. The van der Waals surface area contributed by atoms with Crippen molar-refractivity contribution < 1.29 is 14.6 Å². The Morgan fingerprint density at radius 1 is 0.917 bits per heavy atom. The van der Waals surface area contributed by atoms with Crippen molar-refractivity contribution in [1.82, 2.24) is 4.90 Å². The monoisotopic (exact) mass is 482 g/mol. The number of ether oxygens (including phenoxy) is 1. The maximum absolute atomic E-state index is 11.1. The molecule has 1 N–H and O–H groups in total. The van der Waals surface area contributed by atoms with Gasteiger partial charge in [-0.1, -0.05) is 60.0 Å². The van der Waals surface area contributed by atoms with Gasteiger partial charge in [-0.05, 0) is 54.8 Å². The van der Waals surface area contributed by atoms with E-state index < -0.39 is 5.97 Å². The van der Waals surface area contributed by atoms with Crippen LogP contribution in [-0.2, 0) is 17.9 Å². The lowest BCUT2D eigenvalue weighted by molar-refractivity contribution is -0.137. The zero-order valence-electron chi connectivity index (χ0n) is 21.1. The molecule has 0 bridgehead atoms. The topological polar surface area (TPSA) is 53.0 Å². The number of anilines is 1. The van der Waals surface area contributed by atoms with Crippen LogP contribution in [0.3, 0.4) is 0 Å². The van der Waals surface area contributed by atoms with E-state index in [1.165, 1.54) is 16.8 Å². The first-order valence-electron chi connectivity index (χ1n) is 12.5. The van der Waals surface area contributed by atoms with E-state index in [1.807, 2.05) is 24.3 Å². The first kappa shape index (κ1) is 25.3. The molecule has 1 saturated heterocycles. The highest BCUT2D eigenvalue weighted by atomic mass is 16.5. The summed E-state index contributed by atoms with van der Waals surface area (Å²) >= 11 is 0. The molecule has 0 saturated carbocycles. The van der Waals surface area contributed by atoms with Crippen LogP contribution in [0.1, 0.15) is 41.5 Å². The van der Waals surface area contributed by atoms with Crippen LogP contribution in [0, 0.1) is 18.8 Å². The molecule has 0 aromatic heterocycles. The Hall–Kier alpha value is -3.75.